The average molecular weight is 298 g/mol. The van der Waals surface area contributed by atoms with Crippen molar-refractivity contribution in [3.63, 3.8) is 0 Å². The van der Waals surface area contributed by atoms with Crippen LogP contribution in [0.4, 0.5) is 8.78 Å². The molecule has 0 saturated heterocycles. The molecule has 0 aromatic heterocycles. The van der Waals surface area contributed by atoms with E-state index < -0.39 is 17.7 Å². The minimum Gasteiger partial charge on any atom is -0.339 e. The standard InChI is InChI=1S/C16H24F2N2O/c1-10(12-8-11(17)6-7-13(12)18)20(5)15(21)9-14(19)16(2,3)4/h6-8,10,14H,9,19H2,1-5H3. The topological polar surface area (TPSA) is 46.3 Å². The minimum absolute atomic E-state index is 0.162. The average Bonchev–Trinajstić information content (AvgIpc) is 2.38. The van der Waals surface area contributed by atoms with E-state index in [4.69, 9.17) is 5.73 Å². The maximum atomic E-state index is 13.8. The van der Waals surface area contributed by atoms with Gasteiger partial charge in [-0.1, -0.05) is 20.8 Å². The van der Waals surface area contributed by atoms with Crippen LogP contribution in [0.15, 0.2) is 18.2 Å². The lowest BCUT2D eigenvalue weighted by Crippen LogP contribution is -2.41. The fourth-order valence-corrected chi connectivity index (χ4v) is 1.90. The smallest absolute Gasteiger partial charge is 0.224 e. The number of hydrogen-bond donors (Lipinski definition) is 1. The van der Waals surface area contributed by atoms with E-state index in [9.17, 15) is 13.6 Å². The maximum Gasteiger partial charge on any atom is 0.224 e. The molecular formula is C16H24F2N2O. The van der Waals surface area contributed by atoms with E-state index >= 15 is 0 Å². The summed E-state index contributed by atoms with van der Waals surface area (Å²) < 4.78 is 27.0. The van der Waals surface area contributed by atoms with Gasteiger partial charge in [-0.2, -0.15) is 0 Å². The highest BCUT2D eigenvalue weighted by molar-refractivity contribution is 5.77. The van der Waals surface area contributed by atoms with Crippen LogP contribution in [0.1, 0.15) is 45.7 Å². The zero-order valence-electron chi connectivity index (χ0n) is 13.3. The molecule has 2 atom stereocenters. The molecule has 118 valence electrons. The predicted molar refractivity (Wildman–Crippen MR) is 79.6 cm³/mol. The van der Waals surface area contributed by atoms with Crippen molar-refractivity contribution in [2.24, 2.45) is 11.1 Å². The molecule has 1 aromatic rings. The summed E-state index contributed by atoms with van der Waals surface area (Å²) in [6.45, 7) is 7.54. The van der Waals surface area contributed by atoms with Gasteiger partial charge in [0, 0.05) is 25.1 Å². The van der Waals surface area contributed by atoms with Gasteiger partial charge in [0.1, 0.15) is 11.6 Å². The van der Waals surface area contributed by atoms with Crippen LogP contribution in [0.25, 0.3) is 0 Å². The zero-order chi connectivity index (χ0) is 16.4. The highest BCUT2D eigenvalue weighted by Crippen LogP contribution is 2.25. The molecule has 0 bridgehead atoms. The van der Waals surface area contributed by atoms with E-state index in [-0.39, 0.29) is 29.3 Å². The highest BCUT2D eigenvalue weighted by atomic mass is 19.1. The molecule has 0 aliphatic rings. The van der Waals surface area contributed by atoms with E-state index in [2.05, 4.69) is 0 Å². The minimum atomic E-state index is -0.555. The van der Waals surface area contributed by atoms with Crippen LogP contribution in [-0.4, -0.2) is 23.9 Å². The van der Waals surface area contributed by atoms with Crippen molar-refractivity contribution in [1.29, 1.82) is 0 Å². The Kier molecular flexibility index (Phi) is 5.45. The Balaban J connectivity index is 2.85. The molecule has 3 nitrogen and oxygen atoms in total. The number of nitrogens with two attached hydrogens (primary N) is 1. The lowest BCUT2D eigenvalue weighted by Gasteiger charge is -2.31. The SMILES string of the molecule is CC(c1cc(F)ccc1F)N(C)C(=O)CC(N)C(C)(C)C. The summed E-state index contributed by atoms with van der Waals surface area (Å²) in [5.74, 6) is -1.23. The molecule has 21 heavy (non-hydrogen) atoms. The van der Waals surface area contributed by atoms with Crippen LogP contribution >= 0.6 is 0 Å². The Morgan fingerprint density at radius 2 is 1.90 bits per heavy atom. The Labute approximate surface area is 125 Å². The summed E-state index contributed by atoms with van der Waals surface area (Å²) in [5.41, 5.74) is 5.97. The first-order valence-corrected chi connectivity index (χ1v) is 7.00. The van der Waals surface area contributed by atoms with Gasteiger partial charge in [0.15, 0.2) is 0 Å². The molecule has 2 N–H and O–H groups in total. The molecule has 0 aliphatic heterocycles. The van der Waals surface area contributed by atoms with Crippen molar-refractivity contribution in [2.75, 3.05) is 7.05 Å². The second-order valence-electron chi connectivity index (χ2n) is 6.52. The Morgan fingerprint density at radius 1 is 1.33 bits per heavy atom. The van der Waals surface area contributed by atoms with E-state index in [0.29, 0.717) is 0 Å². The molecule has 5 heteroatoms. The van der Waals surface area contributed by atoms with Gasteiger partial charge < -0.3 is 10.6 Å². The third-order valence-electron chi connectivity index (χ3n) is 3.89. The molecule has 0 spiro atoms. The Hall–Kier alpha value is -1.49. The highest BCUT2D eigenvalue weighted by Gasteiger charge is 2.27. The van der Waals surface area contributed by atoms with Gasteiger partial charge in [-0.05, 0) is 30.5 Å². The van der Waals surface area contributed by atoms with Gasteiger partial charge in [0.25, 0.3) is 0 Å². The van der Waals surface area contributed by atoms with E-state index in [1.165, 1.54) is 4.90 Å². The number of carbonyl (C=O) groups is 1. The normalized spacial score (nSPS) is 14.7. The van der Waals surface area contributed by atoms with Crippen LogP contribution in [-0.2, 0) is 4.79 Å². The number of carbonyl (C=O) groups excluding carboxylic acids is 1. The first-order chi connectivity index (χ1) is 9.54. The van der Waals surface area contributed by atoms with Crippen LogP contribution in [0.5, 0.6) is 0 Å². The van der Waals surface area contributed by atoms with Crippen molar-refractivity contribution < 1.29 is 13.6 Å². The number of benzene rings is 1. The fourth-order valence-electron chi connectivity index (χ4n) is 1.90. The maximum absolute atomic E-state index is 13.8. The number of nitrogens with zero attached hydrogens (tertiary/aromatic N) is 1. The van der Waals surface area contributed by atoms with Crippen molar-refractivity contribution >= 4 is 5.91 Å². The van der Waals surface area contributed by atoms with E-state index in [1.807, 2.05) is 20.8 Å². The van der Waals surface area contributed by atoms with E-state index in [0.717, 1.165) is 18.2 Å². The van der Waals surface area contributed by atoms with Crippen LogP contribution in [0.3, 0.4) is 0 Å². The largest absolute Gasteiger partial charge is 0.339 e. The first-order valence-electron chi connectivity index (χ1n) is 7.00. The molecule has 0 aliphatic carbocycles. The predicted octanol–water partition coefficient (Wildman–Crippen LogP) is 3.25. The zero-order valence-corrected chi connectivity index (χ0v) is 13.3. The Morgan fingerprint density at radius 3 is 2.43 bits per heavy atom. The van der Waals surface area contributed by atoms with Gasteiger partial charge in [-0.15, -0.1) is 0 Å². The van der Waals surface area contributed by atoms with Crippen molar-refractivity contribution in [2.45, 2.75) is 46.2 Å². The Bertz CT molecular complexity index is 511. The van der Waals surface area contributed by atoms with Crippen LogP contribution in [0, 0.1) is 17.0 Å². The molecule has 0 radical (unpaired) electrons. The van der Waals surface area contributed by atoms with Crippen LogP contribution in [0.2, 0.25) is 0 Å². The van der Waals surface area contributed by atoms with Crippen molar-refractivity contribution in [3.8, 4) is 0 Å². The van der Waals surface area contributed by atoms with Gasteiger partial charge in [0.05, 0.1) is 6.04 Å². The summed E-state index contributed by atoms with van der Waals surface area (Å²) in [6, 6.07) is 2.40. The molecule has 1 rings (SSSR count). The number of hydrogen-bond acceptors (Lipinski definition) is 2. The molecule has 2 unspecified atom stereocenters. The summed E-state index contributed by atoms with van der Waals surface area (Å²) >= 11 is 0. The summed E-state index contributed by atoms with van der Waals surface area (Å²) in [7, 11) is 1.58. The lowest BCUT2D eigenvalue weighted by atomic mass is 9.85. The monoisotopic (exact) mass is 298 g/mol. The summed E-state index contributed by atoms with van der Waals surface area (Å²) in [5, 5.41) is 0. The summed E-state index contributed by atoms with van der Waals surface area (Å²) in [6.07, 6.45) is 0.168. The fraction of sp³-hybridized carbons (Fsp3) is 0.562. The van der Waals surface area contributed by atoms with Crippen molar-refractivity contribution in [3.05, 3.63) is 35.4 Å². The summed E-state index contributed by atoms with van der Waals surface area (Å²) in [4.78, 5) is 13.6. The first kappa shape index (κ1) is 17.6. The third kappa shape index (κ3) is 4.49. The molecule has 0 heterocycles. The molecular weight excluding hydrogens is 274 g/mol. The number of halogens is 2. The molecule has 1 amide bonds. The lowest BCUT2D eigenvalue weighted by molar-refractivity contribution is -0.132. The quantitative estimate of drug-likeness (QED) is 0.927. The van der Waals surface area contributed by atoms with Gasteiger partial charge in [0.2, 0.25) is 5.91 Å². The third-order valence-corrected chi connectivity index (χ3v) is 3.89. The number of rotatable bonds is 4. The second-order valence-corrected chi connectivity index (χ2v) is 6.52. The molecule has 0 fully saturated rings. The molecule has 1 aromatic carbocycles. The van der Waals surface area contributed by atoms with Gasteiger partial charge >= 0.3 is 0 Å². The van der Waals surface area contributed by atoms with Gasteiger partial charge in [-0.3, -0.25) is 4.79 Å². The number of amides is 1. The van der Waals surface area contributed by atoms with Crippen LogP contribution < -0.4 is 5.73 Å². The van der Waals surface area contributed by atoms with Crippen molar-refractivity contribution in [1.82, 2.24) is 4.90 Å². The van der Waals surface area contributed by atoms with Gasteiger partial charge in [-0.25, -0.2) is 8.78 Å². The second kappa shape index (κ2) is 6.52. The molecule has 0 saturated carbocycles. The van der Waals surface area contributed by atoms with E-state index in [1.54, 1.807) is 14.0 Å².